The molecule has 0 spiro atoms. The molecular weight excluding hydrogens is 224 g/mol. The zero-order valence-electron chi connectivity index (χ0n) is 9.86. The first kappa shape index (κ1) is 15.4. The van der Waals surface area contributed by atoms with Crippen molar-refractivity contribution >= 4 is 11.9 Å². The number of nitrogens with two attached hydrogens (primary N) is 2. The number of unbranched alkanes of at least 4 members (excludes halogenated alkanes) is 1. The number of rotatable bonds is 6. The highest BCUT2D eigenvalue weighted by Crippen LogP contribution is 2.13. The van der Waals surface area contributed by atoms with Gasteiger partial charge in [-0.3, -0.25) is 0 Å². The van der Waals surface area contributed by atoms with Gasteiger partial charge in [0.15, 0.2) is 0 Å². The maximum Gasteiger partial charge on any atom is 0.351 e. The van der Waals surface area contributed by atoms with Gasteiger partial charge in [0.05, 0.1) is 0 Å². The van der Waals surface area contributed by atoms with Crippen LogP contribution >= 0.6 is 0 Å². The van der Waals surface area contributed by atoms with E-state index in [9.17, 15) is 9.59 Å². The van der Waals surface area contributed by atoms with Gasteiger partial charge in [0.25, 0.3) is 0 Å². The largest absolute Gasteiger partial charge is 0.479 e. The molecule has 6 heteroatoms. The molecule has 17 heavy (non-hydrogen) atoms. The first-order valence-electron chi connectivity index (χ1n) is 5.40. The van der Waals surface area contributed by atoms with E-state index < -0.39 is 17.5 Å². The van der Waals surface area contributed by atoms with E-state index >= 15 is 0 Å². The van der Waals surface area contributed by atoms with Crippen LogP contribution in [0.3, 0.4) is 0 Å². The van der Waals surface area contributed by atoms with Gasteiger partial charge in [-0.05, 0) is 25.8 Å². The molecule has 1 atom stereocenters. The van der Waals surface area contributed by atoms with Gasteiger partial charge >= 0.3 is 11.9 Å². The summed E-state index contributed by atoms with van der Waals surface area (Å²) in [5.41, 5.74) is 8.76. The van der Waals surface area contributed by atoms with Crippen molar-refractivity contribution in [2.45, 2.75) is 38.1 Å². The highest BCUT2D eigenvalue weighted by atomic mass is 16.5. The second-order valence-electron chi connectivity index (χ2n) is 3.54. The molecule has 0 bridgehead atoms. The maximum atomic E-state index is 11.5. The summed E-state index contributed by atoms with van der Waals surface area (Å²) in [7, 11) is 0. The number of carbonyl (C=O) groups is 2. The number of hydrogen-bond donors (Lipinski definition) is 3. The summed E-state index contributed by atoms with van der Waals surface area (Å²) >= 11 is 0. The number of hydrogen-bond acceptors (Lipinski definition) is 5. The Morgan fingerprint density at radius 2 is 2.06 bits per heavy atom. The van der Waals surface area contributed by atoms with Crippen molar-refractivity contribution in [3.8, 4) is 12.0 Å². The van der Waals surface area contributed by atoms with E-state index in [1.165, 1.54) is 0 Å². The van der Waals surface area contributed by atoms with Crippen LogP contribution < -0.4 is 11.5 Å². The van der Waals surface area contributed by atoms with E-state index in [2.05, 4.69) is 16.8 Å². The van der Waals surface area contributed by atoms with Crippen LogP contribution in [0.2, 0.25) is 0 Å². The van der Waals surface area contributed by atoms with Gasteiger partial charge in [-0.1, -0.05) is 12.8 Å². The van der Waals surface area contributed by atoms with Crippen LogP contribution in [0.1, 0.15) is 32.6 Å². The van der Waals surface area contributed by atoms with Gasteiger partial charge in [0.2, 0.25) is 5.54 Å². The van der Waals surface area contributed by atoms with Crippen molar-refractivity contribution in [2.24, 2.45) is 11.5 Å². The molecule has 5 N–H and O–H groups in total. The second-order valence-corrected chi connectivity index (χ2v) is 3.54. The third kappa shape index (κ3) is 4.85. The van der Waals surface area contributed by atoms with Crippen molar-refractivity contribution in [1.82, 2.24) is 0 Å². The van der Waals surface area contributed by atoms with Crippen LogP contribution in [-0.2, 0) is 14.3 Å². The summed E-state index contributed by atoms with van der Waals surface area (Å²) in [6, 6.07) is 0. The number of aliphatic carboxylic acids is 1. The lowest BCUT2D eigenvalue weighted by atomic mass is 9.94. The van der Waals surface area contributed by atoms with E-state index in [1.807, 2.05) is 0 Å². The molecule has 0 fully saturated rings. The Labute approximate surface area is 100 Å². The SMILES string of the molecule is CCC#COC(=O)C(N)(CCCCN)C(=O)O. The average Bonchev–Trinajstić information content (AvgIpc) is 2.29. The third-order valence-electron chi connectivity index (χ3n) is 2.16. The summed E-state index contributed by atoms with van der Waals surface area (Å²) in [6.45, 7) is 2.19. The minimum atomic E-state index is -2.04. The first-order chi connectivity index (χ1) is 7.99. The summed E-state index contributed by atoms with van der Waals surface area (Å²) in [4.78, 5) is 22.5. The lowest BCUT2D eigenvalue weighted by Gasteiger charge is -2.20. The molecule has 0 aromatic carbocycles. The Hall–Kier alpha value is -1.58. The highest BCUT2D eigenvalue weighted by molar-refractivity contribution is 6.04. The molecule has 0 radical (unpaired) electrons. The quantitative estimate of drug-likeness (QED) is 0.257. The van der Waals surface area contributed by atoms with Gasteiger partial charge in [0.1, 0.15) is 6.11 Å². The zero-order valence-corrected chi connectivity index (χ0v) is 9.86. The van der Waals surface area contributed by atoms with Crippen LogP contribution in [0.4, 0.5) is 0 Å². The second kappa shape index (κ2) is 7.65. The smallest absolute Gasteiger partial charge is 0.351 e. The Bertz CT molecular complexity index is 332. The Morgan fingerprint density at radius 3 is 2.53 bits per heavy atom. The van der Waals surface area contributed by atoms with E-state index in [0.29, 0.717) is 25.8 Å². The summed E-state index contributed by atoms with van der Waals surface area (Å²) < 4.78 is 4.50. The van der Waals surface area contributed by atoms with E-state index in [1.54, 1.807) is 6.92 Å². The monoisotopic (exact) mass is 242 g/mol. The molecule has 0 heterocycles. The standard InChI is InChI=1S/C11H18N2O4/c1-2-3-8-17-10(16)11(13,9(14)15)6-4-5-7-12/h2,4-7,12-13H2,1H3,(H,14,15). The fourth-order valence-corrected chi connectivity index (χ4v) is 1.09. The molecular formula is C11H18N2O4. The van der Waals surface area contributed by atoms with Crippen molar-refractivity contribution < 1.29 is 19.4 Å². The number of ether oxygens (including phenoxy) is 1. The molecule has 6 nitrogen and oxygen atoms in total. The van der Waals surface area contributed by atoms with Crippen LogP contribution in [0, 0.1) is 12.0 Å². The fraction of sp³-hybridized carbons (Fsp3) is 0.636. The van der Waals surface area contributed by atoms with Crippen molar-refractivity contribution in [1.29, 1.82) is 0 Å². The van der Waals surface area contributed by atoms with Gasteiger partial charge < -0.3 is 21.3 Å². The summed E-state index contributed by atoms with van der Waals surface area (Å²) in [5, 5.41) is 8.95. The lowest BCUT2D eigenvalue weighted by molar-refractivity contribution is -0.157. The van der Waals surface area contributed by atoms with Crippen LogP contribution in [0.25, 0.3) is 0 Å². The van der Waals surface area contributed by atoms with Crippen molar-refractivity contribution in [3.63, 3.8) is 0 Å². The molecule has 0 aliphatic heterocycles. The molecule has 0 rings (SSSR count). The molecule has 0 aliphatic rings. The van der Waals surface area contributed by atoms with E-state index in [0.717, 1.165) is 0 Å². The fourth-order valence-electron chi connectivity index (χ4n) is 1.09. The molecule has 0 aromatic rings. The predicted molar refractivity (Wildman–Crippen MR) is 61.6 cm³/mol. The predicted octanol–water partition coefficient (Wildman–Crippen LogP) is -0.188. The van der Waals surface area contributed by atoms with Gasteiger partial charge in [-0.15, -0.1) is 0 Å². The minimum Gasteiger partial charge on any atom is -0.479 e. The van der Waals surface area contributed by atoms with Crippen LogP contribution in [-0.4, -0.2) is 29.1 Å². The average molecular weight is 242 g/mol. The minimum absolute atomic E-state index is 0.0217. The van der Waals surface area contributed by atoms with Crippen LogP contribution in [0.15, 0.2) is 0 Å². The molecule has 96 valence electrons. The van der Waals surface area contributed by atoms with Gasteiger partial charge in [-0.25, -0.2) is 9.59 Å². The number of carboxylic acid groups (broad SMARTS) is 1. The lowest BCUT2D eigenvalue weighted by Crippen LogP contribution is -2.55. The van der Waals surface area contributed by atoms with Crippen molar-refractivity contribution in [2.75, 3.05) is 6.54 Å². The summed E-state index contributed by atoms with van der Waals surface area (Å²) in [5.74, 6) is 0.0383. The highest BCUT2D eigenvalue weighted by Gasteiger charge is 2.43. The normalized spacial score (nSPS) is 13.1. The van der Waals surface area contributed by atoms with E-state index in [-0.39, 0.29) is 6.42 Å². The van der Waals surface area contributed by atoms with E-state index in [4.69, 9.17) is 16.6 Å². The molecule has 0 aliphatic carbocycles. The Kier molecular flexibility index (Phi) is 6.94. The number of carboxylic acids is 1. The third-order valence-corrected chi connectivity index (χ3v) is 2.16. The Balaban J connectivity index is 4.58. The molecule has 0 amide bonds. The first-order valence-corrected chi connectivity index (χ1v) is 5.40. The molecule has 1 unspecified atom stereocenters. The Morgan fingerprint density at radius 1 is 1.41 bits per heavy atom. The number of carbonyl (C=O) groups excluding carboxylic acids is 1. The van der Waals surface area contributed by atoms with Crippen molar-refractivity contribution in [3.05, 3.63) is 0 Å². The van der Waals surface area contributed by atoms with Crippen LogP contribution in [0.5, 0.6) is 0 Å². The number of esters is 1. The molecule has 0 saturated heterocycles. The van der Waals surface area contributed by atoms with Gasteiger partial charge in [0, 0.05) is 6.42 Å². The topological polar surface area (TPSA) is 116 Å². The molecule has 0 aromatic heterocycles. The summed E-state index contributed by atoms with van der Waals surface area (Å²) in [6.07, 6.45) is 3.64. The van der Waals surface area contributed by atoms with Gasteiger partial charge in [-0.2, -0.15) is 0 Å². The maximum absolute atomic E-state index is 11.5. The molecule has 0 saturated carbocycles. The zero-order chi connectivity index (χ0) is 13.3.